The van der Waals surface area contributed by atoms with Gasteiger partial charge in [-0.05, 0) is 13.0 Å². The molecule has 15 heavy (non-hydrogen) atoms. The highest BCUT2D eigenvalue weighted by Crippen LogP contribution is 2.16. The Morgan fingerprint density at radius 2 is 2.40 bits per heavy atom. The number of amides is 1. The maximum atomic E-state index is 11.7. The van der Waals surface area contributed by atoms with Crippen LogP contribution < -0.4 is 5.32 Å². The third-order valence-corrected chi connectivity index (χ3v) is 2.81. The highest BCUT2D eigenvalue weighted by Gasteiger charge is 2.25. The van der Waals surface area contributed by atoms with Gasteiger partial charge in [0.25, 0.3) is 0 Å². The van der Waals surface area contributed by atoms with Crippen LogP contribution in [-0.4, -0.2) is 50.7 Å². The SMILES string of the molecule is CCNCCC(=O)N1CCC(COC)C1. The lowest BCUT2D eigenvalue weighted by Crippen LogP contribution is -2.31. The van der Waals surface area contributed by atoms with E-state index in [1.54, 1.807) is 7.11 Å². The van der Waals surface area contributed by atoms with Crippen molar-refractivity contribution in [2.45, 2.75) is 19.8 Å². The van der Waals surface area contributed by atoms with E-state index >= 15 is 0 Å². The second-order valence-corrected chi connectivity index (χ2v) is 4.05. The predicted octanol–water partition coefficient (Wildman–Crippen LogP) is 0.481. The van der Waals surface area contributed by atoms with Crippen LogP contribution in [0.25, 0.3) is 0 Å². The van der Waals surface area contributed by atoms with E-state index in [2.05, 4.69) is 12.2 Å². The van der Waals surface area contributed by atoms with Gasteiger partial charge in [-0.2, -0.15) is 0 Å². The van der Waals surface area contributed by atoms with Crippen molar-refractivity contribution in [1.29, 1.82) is 0 Å². The zero-order chi connectivity index (χ0) is 11.1. The average molecular weight is 214 g/mol. The molecule has 0 aromatic heterocycles. The molecule has 0 saturated carbocycles. The van der Waals surface area contributed by atoms with Gasteiger partial charge < -0.3 is 15.0 Å². The minimum Gasteiger partial charge on any atom is -0.384 e. The summed E-state index contributed by atoms with van der Waals surface area (Å²) in [6.45, 7) is 6.32. The lowest BCUT2D eigenvalue weighted by atomic mass is 10.1. The Balaban J connectivity index is 2.18. The third-order valence-electron chi connectivity index (χ3n) is 2.81. The molecule has 0 aromatic carbocycles. The van der Waals surface area contributed by atoms with Crippen molar-refractivity contribution in [2.24, 2.45) is 5.92 Å². The molecule has 1 saturated heterocycles. The lowest BCUT2D eigenvalue weighted by Gasteiger charge is -2.16. The first-order valence-electron chi connectivity index (χ1n) is 5.75. The van der Waals surface area contributed by atoms with Crippen LogP contribution in [0.4, 0.5) is 0 Å². The monoisotopic (exact) mass is 214 g/mol. The Bertz CT molecular complexity index is 197. The first-order chi connectivity index (χ1) is 7.27. The maximum absolute atomic E-state index is 11.7. The number of carbonyl (C=O) groups excluding carboxylic acids is 1. The summed E-state index contributed by atoms with van der Waals surface area (Å²) in [5.74, 6) is 0.813. The van der Waals surface area contributed by atoms with Gasteiger partial charge in [-0.1, -0.05) is 6.92 Å². The molecule has 1 heterocycles. The minimum absolute atomic E-state index is 0.273. The van der Waals surface area contributed by atoms with Crippen LogP contribution in [0.5, 0.6) is 0 Å². The fourth-order valence-corrected chi connectivity index (χ4v) is 1.96. The van der Waals surface area contributed by atoms with Crippen LogP contribution in [0.15, 0.2) is 0 Å². The second-order valence-electron chi connectivity index (χ2n) is 4.05. The van der Waals surface area contributed by atoms with Crippen LogP contribution in [0.2, 0.25) is 0 Å². The Hall–Kier alpha value is -0.610. The minimum atomic E-state index is 0.273. The molecular weight excluding hydrogens is 192 g/mol. The molecule has 1 rings (SSSR count). The normalized spacial score (nSPS) is 20.9. The van der Waals surface area contributed by atoms with Crippen LogP contribution in [0, 0.1) is 5.92 Å². The molecule has 88 valence electrons. The molecule has 0 aromatic rings. The number of likely N-dealkylation sites (tertiary alicyclic amines) is 1. The summed E-state index contributed by atoms with van der Waals surface area (Å²) in [6, 6.07) is 0. The van der Waals surface area contributed by atoms with Gasteiger partial charge in [0.1, 0.15) is 0 Å². The van der Waals surface area contributed by atoms with Gasteiger partial charge in [0.2, 0.25) is 5.91 Å². The Morgan fingerprint density at radius 3 is 3.07 bits per heavy atom. The standard InChI is InChI=1S/C11H22N2O2/c1-3-12-6-4-11(14)13-7-5-10(8-13)9-15-2/h10,12H,3-9H2,1-2H3. The van der Waals surface area contributed by atoms with Gasteiger partial charge >= 0.3 is 0 Å². The molecule has 1 fully saturated rings. The summed E-state index contributed by atoms with van der Waals surface area (Å²) in [4.78, 5) is 13.7. The molecule has 0 radical (unpaired) electrons. The molecule has 1 aliphatic rings. The van der Waals surface area contributed by atoms with Crippen molar-refractivity contribution < 1.29 is 9.53 Å². The predicted molar refractivity (Wildman–Crippen MR) is 59.7 cm³/mol. The topological polar surface area (TPSA) is 41.6 Å². The zero-order valence-electron chi connectivity index (χ0n) is 9.79. The number of nitrogens with zero attached hydrogens (tertiary/aromatic N) is 1. The summed E-state index contributed by atoms with van der Waals surface area (Å²) < 4.78 is 5.10. The third kappa shape index (κ3) is 4.18. The molecule has 1 N–H and O–H groups in total. The molecule has 4 nitrogen and oxygen atoms in total. The number of hydrogen-bond donors (Lipinski definition) is 1. The Kier molecular flexibility index (Phi) is 5.65. The van der Waals surface area contributed by atoms with Gasteiger partial charge in [0.05, 0.1) is 6.61 Å². The summed E-state index contributed by atoms with van der Waals surface area (Å²) in [5, 5.41) is 3.17. The Labute approximate surface area is 92.0 Å². The molecular formula is C11H22N2O2. The van der Waals surface area contributed by atoms with Crippen molar-refractivity contribution in [3.8, 4) is 0 Å². The van der Waals surface area contributed by atoms with Crippen LogP contribution in [-0.2, 0) is 9.53 Å². The van der Waals surface area contributed by atoms with Crippen LogP contribution in [0.3, 0.4) is 0 Å². The number of hydrogen-bond acceptors (Lipinski definition) is 3. The van der Waals surface area contributed by atoms with E-state index in [9.17, 15) is 4.79 Å². The average Bonchev–Trinajstić information content (AvgIpc) is 2.67. The number of methoxy groups -OCH3 is 1. The molecule has 1 aliphatic heterocycles. The first kappa shape index (κ1) is 12.5. The molecule has 1 amide bonds. The molecule has 0 aliphatic carbocycles. The van der Waals surface area contributed by atoms with Crippen LogP contribution >= 0.6 is 0 Å². The first-order valence-corrected chi connectivity index (χ1v) is 5.75. The van der Waals surface area contributed by atoms with Crippen molar-refractivity contribution >= 4 is 5.91 Å². The molecule has 0 spiro atoms. The van der Waals surface area contributed by atoms with E-state index in [1.165, 1.54) is 0 Å². The second kappa shape index (κ2) is 6.80. The van der Waals surface area contributed by atoms with E-state index in [4.69, 9.17) is 4.74 Å². The summed E-state index contributed by atoms with van der Waals surface area (Å²) in [5.41, 5.74) is 0. The molecule has 4 heteroatoms. The van der Waals surface area contributed by atoms with E-state index in [0.717, 1.165) is 39.2 Å². The summed E-state index contributed by atoms with van der Waals surface area (Å²) >= 11 is 0. The summed E-state index contributed by atoms with van der Waals surface area (Å²) in [6.07, 6.45) is 1.70. The van der Waals surface area contributed by atoms with Crippen molar-refractivity contribution in [1.82, 2.24) is 10.2 Å². The lowest BCUT2D eigenvalue weighted by molar-refractivity contribution is -0.130. The molecule has 1 unspecified atom stereocenters. The highest BCUT2D eigenvalue weighted by atomic mass is 16.5. The largest absolute Gasteiger partial charge is 0.384 e. The quantitative estimate of drug-likeness (QED) is 0.654. The van der Waals surface area contributed by atoms with Crippen molar-refractivity contribution in [3.05, 3.63) is 0 Å². The summed E-state index contributed by atoms with van der Waals surface area (Å²) in [7, 11) is 1.72. The number of carbonyl (C=O) groups is 1. The van der Waals surface area contributed by atoms with E-state index in [-0.39, 0.29) is 5.91 Å². The fourth-order valence-electron chi connectivity index (χ4n) is 1.96. The zero-order valence-corrected chi connectivity index (χ0v) is 9.79. The highest BCUT2D eigenvalue weighted by molar-refractivity contribution is 5.76. The van der Waals surface area contributed by atoms with Crippen molar-refractivity contribution in [2.75, 3.05) is 39.9 Å². The van der Waals surface area contributed by atoms with Crippen LogP contribution in [0.1, 0.15) is 19.8 Å². The van der Waals surface area contributed by atoms with Crippen molar-refractivity contribution in [3.63, 3.8) is 0 Å². The van der Waals surface area contributed by atoms with Gasteiger partial charge in [-0.25, -0.2) is 0 Å². The number of rotatable bonds is 6. The fraction of sp³-hybridized carbons (Fsp3) is 0.909. The smallest absolute Gasteiger partial charge is 0.223 e. The van der Waals surface area contributed by atoms with E-state index in [1.807, 2.05) is 4.90 Å². The van der Waals surface area contributed by atoms with E-state index in [0.29, 0.717) is 12.3 Å². The number of nitrogens with one attached hydrogen (secondary N) is 1. The maximum Gasteiger partial charge on any atom is 0.223 e. The molecule has 1 atom stereocenters. The molecule has 0 bridgehead atoms. The van der Waals surface area contributed by atoms with Gasteiger partial charge in [-0.15, -0.1) is 0 Å². The van der Waals surface area contributed by atoms with Gasteiger partial charge in [-0.3, -0.25) is 4.79 Å². The number of ether oxygens (including phenoxy) is 1. The van der Waals surface area contributed by atoms with E-state index < -0.39 is 0 Å². The van der Waals surface area contributed by atoms with Gasteiger partial charge in [0.15, 0.2) is 0 Å². The Morgan fingerprint density at radius 1 is 1.60 bits per heavy atom. The van der Waals surface area contributed by atoms with Gasteiger partial charge in [0, 0.05) is 39.1 Å².